The lowest BCUT2D eigenvalue weighted by Crippen LogP contribution is -2.49. The summed E-state index contributed by atoms with van der Waals surface area (Å²) in [6.45, 7) is -1.10. The van der Waals surface area contributed by atoms with Crippen molar-refractivity contribution >= 4 is 12.0 Å². The van der Waals surface area contributed by atoms with Gasteiger partial charge in [0.15, 0.2) is 5.41 Å². The van der Waals surface area contributed by atoms with Crippen LogP contribution < -0.4 is 0 Å². The number of nitrogens with zero attached hydrogens (tertiary/aromatic N) is 3. The minimum absolute atomic E-state index is 0.0550. The topological polar surface area (TPSA) is 84.6 Å². The van der Waals surface area contributed by atoms with E-state index in [2.05, 4.69) is 0 Å². The van der Waals surface area contributed by atoms with Gasteiger partial charge in [-0.3, -0.25) is 4.79 Å². The molecule has 1 fully saturated rings. The number of carbonyl (C=O) groups is 2. The van der Waals surface area contributed by atoms with E-state index in [1.165, 1.54) is 7.05 Å². The first kappa shape index (κ1) is 16.1. The van der Waals surface area contributed by atoms with Crippen molar-refractivity contribution in [2.24, 2.45) is 5.41 Å². The fourth-order valence-electron chi connectivity index (χ4n) is 2.05. The smallest absolute Gasteiger partial charge is 0.406 e. The van der Waals surface area contributed by atoms with Crippen LogP contribution in [0, 0.1) is 16.7 Å². The first-order valence-electron chi connectivity index (χ1n) is 5.83. The van der Waals surface area contributed by atoms with Gasteiger partial charge in [0, 0.05) is 26.7 Å². The third kappa shape index (κ3) is 2.79. The maximum absolute atomic E-state index is 12.9. The van der Waals surface area contributed by atoms with Gasteiger partial charge in [0.2, 0.25) is 0 Å². The Morgan fingerprint density at radius 2 is 2.10 bits per heavy atom. The largest absolute Gasteiger partial charge is 0.481 e. The van der Waals surface area contributed by atoms with E-state index in [1.807, 2.05) is 6.07 Å². The van der Waals surface area contributed by atoms with E-state index in [4.69, 9.17) is 10.4 Å². The summed E-state index contributed by atoms with van der Waals surface area (Å²) in [5, 5.41) is 17.3. The van der Waals surface area contributed by atoms with Crippen LogP contribution >= 0.6 is 0 Å². The Hall–Kier alpha value is -1.98. The molecule has 1 rings (SSSR count). The maximum atomic E-state index is 12.9. The van der Waals surface area contributed by atoms with Crippen molar-refractivity contribution in [2.75, 3.05) is 26.7 Å². The molecule has 1 aliphatic heterocycles. The number of carbonyl (C=O) groups excluding carboxylic acids is 1. The second-order valence-corrected chi connectivity index (χ2v) is 4.67. The first-order chi connectivity index (χ1) is 9.15. The average molecular weight is 293 g/mol. The number of hydrogen-bond donors (Lipinski definition) is 1. The van der Waals surface area contributed by atoms with Crippen LogP contribution in [0.3, 0.4) is 0 Å². The van der Waals surface area contributed by atoms with Gasteiger partial charge in [-0.2, -0.15) is 18.4 Å². The van der Waals surface area contributed by atoms with Gasteiger partial charge in [-0.05, 0) is 6.42 Å². The molecule has 9 heteroatoms. The number of rotatable bonds is 3. The lowest BCUT2D eigenvalue weighted by molar-refractivity contribution is -0.227. The summed E-state index contributed by atoms with van der Waals surface area (Å²) < 4.78 is 38.8. The molecule has 6 nitrogen and oxygen atoms in total. The van der Waals surface area contributed by atoms with Crippen LogP contribution in [0.4, 0.5) is 18.0 Å². The highest BCUT2D eigenvalue weighted by molar-refractivity contribution is 5.80. The Labute approximate surface area is 113 Å². The zero-order chi connectivity index (χ0) is 15.6. The molecule has 112 valence electrons. The van der Waals surface area contributed by atoms with E-state index < -0.39 is 36.6 Å². The standard InChI is InChI=1S/C11H14F3N3O3/c1-16(5-2-4-15)9(20)17-6-3-10(7-17,8(18)19)11(12,13)14/h2-3,5-7H2,1H3,(H,18,19). The summed E-state index contributed by atoms with van der Waals surface area (Å²) in [6, 6.07) is 1.12. The van der Waals surface area contributed by atoms with E-state index in [1.54, 1.807) is 0 Å². The molecule has 1 atom stereocenters. The third-order valence-corrected chi connectivity index (χ3v) is 3.38. The van der Waals surface area contributed by atoms with Gasteiger partial charge in [-0.1, -0.05) is 0 Å². The molecule has 0 spiro atoms. The number of likely N-dealkylation sites (tertiary alicyclic amines) is 1. The Kier molecular flexibility index (Phi) is 4.47. The Bertz CT molecular complexity index is 446. The van der Waals surface area contributed by atoms with Crippen molar-refractivity contribution in [2.45, 2.75) is 19.0 Å². The molecular formula is C11H14F3N3O3. The number of carboxylic acid groups (broad SMARTS) is 1. The lowest BCUT2D eigenvalue weighted by atomic mass is 9.86. The van der Waals surface area contributed by atoms with Crippen LogP contribution in [0.1, 0.15) is 12.8 Å². The fraction of sp³-hybridized carbons (Fsp3) is 0.727. The summed E-state index contributed by atoms with van der Waals surface area (Å²) in [7, 11) is 1.36. The van der Waals surface area contributed by atoms with Gasteiger partial charge in [-0.25, -0.2) is 4.79 Å². The maximum Gasteiger partial charge on any atom is 0.406 e. The molecule has 0 aliphatic carbocycles. The third-order valence-electron chi connectivity index (χ3n) is 3.38. The van der Waals surface area contributed by atoms with Gasteiger partial charge < -0.3 is 14.9 Å². The molecular weight excluding hydrogens is 279 g/mol. The highest BCUT2D eigenvalue weighted by atomic mass is 19.4. The highest BCUT2D eigenvalue weighted by Crippen LogP contribution is 2.45. The van der Waals surface area contributed by atoms with Crippen LogP contribution in [-0.2, 0) is 4.79 Å². The fourth-order valence-corrected chi connectivity index (χ4v) is 2.05. The van der Waals surface area contributed by atoms with Crippen LogP contribution in [0.5, 0.6) is 0 Å². The minimum atomic E-state index is -4.92. The van der Waals surface area contributed by atoms with Gasteiger partial charge in [0.25, 0.3) is 0 Å². The second kappa shape index (κ2) is 5.56. The number of hydrogen-bond acceptors (Lipinski definition) is 3. The van der Waals surface area contributed by atoms with E-state index in [9.17, 15) is 22.8 Å². The van der Waals surface area contributed by atoms with Crippen molar-refractivity contribution in [1.29, 1.82) is 5.26 Å². The molecule has 0 radical (unpaired) electrons. The molecule has 2 amide bonds. The summed E-state index contributed by atoms with van der Waals surface area (Å²) >= 11 is 0. The molecule has 0 aromatic heterocycles. The van der Waals surface area contributed by atoms with E-state index >= 15 is 0 Å². The van der Waals surface area contributed by atoms with E-state index in [0.717, 1.165) is 9.80 Å². The van der Waals surface area contributed by atoms with Gasteiger partial charge in [-0.15, -0.1) is 0 Å². The Morgan fingerprint density at radius 1 is 1.50 bits per heavy atom. The molecule has 0 aromatic rings. The van der Waals surface area contributed by atoms with Crippen LogP contribution in [0.15, 0.2) is 0 Å². The van der Waals surface area contributed by atoms with Gasteiger partial charge in [0.1, 0.15) is 0 Å². The Balaban J connectivity index is 2.82. The van der Waals surface area contributed by atoms with E-state index in [0.29, 0.717) is 0 Å². The number of amides is 2. The molecule has 1 N–H and O–H groups in total. The highest BCUT2D eigenvalue weighted by Gasteiger charge is 2.64. The number of nitriles is 1. The summed E-state index contributed by atoms with van der Waals surface area (Å²) in [5.74, 6) is -1.97. The first-order valence-corrected chi connectivity index (χ1v) is 5.83. The predicted octanol–water partition coefficient (Wildman–Crippen LogP) is 1.29. The molecule has 0 bridgehead atoms. The minimum Gasteiger partial charge on any atom is -0.481 e. The number of halogens is 3. The lowest BCUT2D eigenvalue weighted by Gasteiger charge is -2.28. The molecule has 20 heavy (non-hydrogen) atoms. The number of alkyl halides is 3. The average Bonchev–Trinajstić information content (AvgIpc) is 2.80. The van der Waals surface area contributed by atoms with Crippen LogP contribution in [0.2, 0.25) is 0 Å². The van der Waals surface area contributed by atoms with Crippen LogP contribution in [-0.4, -0.2) is 59.8 Å². The number of aliphatic carboxylic acids is 1. The molecule has 1 heterocycles. The number of carboxylic acids is 1. The van der Waals surface area contributed by atoms with Crippen molar-refractivity contribution in [3.8, 4) is 6.07 Å². The normalized spacial score (nSPS) is 22.4. The quantitative estimate of drug-likeness (QED) is 0.849. The van der Waals surface area contributed by atoms with Crippen molar-refractivity contribution in [3.63, 3.8) is 0 Å². The molecule has 1 unspecified atom stereocenters. The molecule has 0 aromatic carbocycles. The molecule has 0 saturated carbocycles. The summed E-state index contributed by atoms with van der Waals surface area (Å²) in [6.07, 6.45) is -5.53. The second-order valence-electron chi connectivity index (χ2n) is 4.67. The molecule has 1 saturated heterocycles. The summed E-state index contributed by atoms with van der Waals surface area (Å²) in [5.41, 5.74) is -2.90. The Morgan fingerprint density at radius 3 is 2.50 bits per heavy atom. The van der Waals surface area contributed by atoms with Gasteiger partial charge in [0.05, 0.1) is 12.5 Å². The SMILES string of the molecule is CN(CCC#N)C(=O)N1CCC(C(=O)O)(C(F)(F)F)C1. The predicted molar refractivity (Wildman–Crippen MR) is 60.6 cm³/mol. The van der Waals surface area contributed by atoms with Crippen LogP contribution in [0.25, 0.3) is 0 Å². The summed E-state index contributed by atoms with van der Waals surface area (Å²) in [4.78, 5) is 24.8. The zero-order valence-corrected chi connectivity index (χ0v) is 10.8. The van der Waals surface area contributed by atoms with E-state index in [-0.39, 0.29) is 19.5 Å². The number of urea groups is 1. The molecule has 1 aliphatic rings. The van der Waals surface area contributed by atoms with Crippen molar-refractivity contribution in [3.05, 3.63) is 0 Å². The van der Waals surface area contributed by atoms with Crippen molar-refractivity contribution < 1.29 is 27.9 Å². The van der Waals surface area contributed by atoms with Crippen molar-refractivity contribution in [1.82, 2.24) is 9.80 Å². The van der Waals surface area contributed by atoms with Gasteiger partial charge >= 0.3 is 18.2 Å². The zero-order valence-electron chi connectivity index (χ0n) is 10.8. The monoisotopic (exact) mass is 293 g/mol.